The molecule has 0 fully saturated rings. The molecule has 2 aromatic carbocycles. The maximum absolute atomic E-state index is 12.7. The molecular formula is C15H16ClNO3S. The first-order valence-corrected chi connectivity index (χ1v) is 8.25. The van der Waals surface area contributed by atoms with Gasteiger partial charge in [-0.3, -0.25) is 0 Å². The van der Waals surface area contributed by atoms with Crippen molar-refractivity contribution in [3.05, 3.63) is 59.1 Å². The summed E-state index contributed by atoms with van der Waals surface area (Å²) in [6.45, 7) is -0.00397. The molecule has 0 aromatic heterocycles. The van der Waals surface area contributed by atoms with E-state index in [-0.39, 0.29) is 11.4 Å². The van der Waals surface area contributed by atoms with E-state index in [2.05, 4.69) is 0 Å². The molecule has 0 unspecified atom stereocenters. The summed E-state index contributed by atoms with van der Waals surface area (Å²) in [7, 11) is -2.04. The average Bonchev–Trinajstić information content (AvgIpc) is 2.50. The van der Waals surface area contributed by atoms with Gasteiger partial charge in [0.15, 0.2) is 9.84 Å². The molecule has 0 bridgehead atoms. The minimum absolute atomic E-state index is 0.00397. The summed E-state index contributed by atoms with van der Waals surface area (Å²) in [6.07, 6.45) is 0. The lowest BCUT2D eigenvalue weighted by atomic mass is 10.1. The lowest BCUT2D eigenvalue weighted by Crippen LogP contribution is -2.22. The van der Waals surface area contributed by atoms with E-state index in [1.165, 1.54) is 19.2 Å². The number of rotatable bonds is 5. The van der Waals surface area contributed by atoms with E-state index in [0.717, 1.165) is 0 Å². The van der Waals surface area contributed by atoms with E-state index in [1.807, 2.05) is 0 Å². The van der Waals surface area contributed by atoms with Crippen molar-refractivity contribution >= 4 is 21.4 Å². The van der Waals surface area contributed by atoms with Crippen molar-refractivity contribution in [2.45, 2.75) is 10.1 Å². The maximum Gasteiger partial charge on any atom is 0.186 e. The molecular weight excluding hydrogens is 310 g/mol. The molecule has 0 aliphatic carbocycles. The van der Waals surface area contributed by atoms with Gasteiger partial charge in [-0.2, -0.15) is 0 Å². The Morgan fingerprint density at radius 3 is 2.14 bits per heavy atom. The minimum atomic E-state index is -3.57. The summed E-state index contributed by atoms with van der Waals surface area (Å²) in [5.74, 6) is 0.602. The Bertz CT molecular complexity index is 697. The SMILES string of the molecule is COc1ccc(S(=O)(=O)[C@@H](CN)c2ccc(Cl)cc2)cc1. The maximum atomic E-state index is 12.7. The Morgan fingerprint density at radius 1 is 1.10 bits per heavy atom. The molecule has 2 aromatic rings. The third-order valence-electron chi connectivity index (χ3n) is 3.22. The molecule has 21 heavy (non-hydrogen) atoms. The molecule has 2 rings (SSSR count). The van der Waals surface area contributed by atoms with Crippen LogP contribution in [0.1, 0.15) is 10.8 Å². The molecule has 0 spiro atoms. The highest BCUT2D eigenvalue weighted by Gasteiger charge is 2.27. The number of halogens is 1. The molecule has 0 aliphatic rings. The molecule has 0 saturated carbocycles. The fourth-order valence-corrected chi connectivity index (χ4v) is 3.79. The molecule has 0 saturated heterocycles. The van der Waals surface area contributed by atoms with Crippen LogP contribution in [0.15, 0.2) is 53.4 Å². The van der Waals surface area contributed by atoms with Crippen LogP contribution in [0.2, 0.25) is 5.02 Å². The van der Waals surface area contributed by atoms with Gasteiger partial charge in [0.25, 0.3) is 0 Å². The van der Waals surface area contributed by atoms with E-state index in [1.54, 1.807) is 36.4 Å². The van der Waals surface area contributed by atoms with Gasteiger partial charge >= 0.3 is 0 Å². The summed E-state index contributed by atoms with van der Waals surface area (Å²) < 4.78 is 30.4. The molecule has 2 N–H and O–H groups in total. The van der Waals surface area contributed by atoms with Crippen molar-refractivity contribution in [1.29, 1.82) is 0 Å². The third-order valence-corrected chi connectivity index (χ3v) is 5.61. The highest BCUT2D eigenvalue weighted by molar-refractivity contribution is 7.91. The largest absolute Gasteiger partial charge is 0.497 e. The smallest absolute Gasteiger partial charge is 0.186 e. The van der Waals surface area contributed by atoms with Gasteiger partial charge in [-0.05, 0) is 42.0 Å². The summed E-state index contributed by atoms with van der Waals surface area (Å²) >= 11 is 5.83. The molecule has 0 radical (unpaired) electrons. The quantitative estimate of drug-likeness (QED) is 0.917. The number of hydrogen-bond donors (Lipinski definition) is 1. The molecule has 1 atom stereocenters. The topological polar surface area (TPSA) is 69.4 Å². The monoisotopic (exact) mass is 325 g/mol. The Morgan fingerprint density at radius 2 is 1.67 bits per heavy atom. The predicted octanol–water partition coefficient (Wildman–Crippen LogP) is 2.82. The van der Waals surface area contributed by atoms with Gasteiger partial charge in [-0.1, -0.05) is 23.7 Å². The number of nitrogens with two attached hydrogens (primary N) is 1. The summed E-state index contributed by atoms with van der Waals surface area (Å²) in [4.78, 5) is 0.216. The first-order chi connectivity index (χ1) is 9.98. The first-order valence-electron chi connectivity index (χ1n) is 6.32. The molecule has 0 heterocycles. The van der Waals surface area contributed by atoms with Gasteiger partial charge in [0.05, 0.1) is 12.0 Å². The van der Waals surface area contributed by atoms with E-state index in [9.17, 15) is 8.42 Å². The molecule has 0 aliphatic heterocycles. The zero-order valence-corrected chi connectivity index (χ0v) is 13.1. The van der Waals surface area contributed by atoms with Crippen LogP contribution < -0.4 is 10.5 Å². The van der Waals surface area contributed by atoms with Crippen molar-refractivity contribution in [3.63, 3.8) is 0 Å². The first kappa shape index (κ1) is 15.8. The highest BCUT2D eigenvalue weighted by Crippen LogP contribution is 2.29. The average molecular weight is 326 g/mol. The fraction of sp³-hybridized carbons (Fsp3) is 0.200. The van der Waals surface area contributed by atoms with Gasteiger partial charge in [0, 0.05) is 11.6 Å². The summed E-state index contributed by atoms with van der Waals surface area (Å²) in [6, 6.07) is 12.9. The van der Waals surface area contributed by atoms with E-state index in [0.29, 0.717) is 16.3 Å². The lowest BCUT2D eigenvalue weighted by molar-refractivity contribution is 0.414. The van der Waals surface area contributed by atoms with E-state index >= 15 is 0 Å². The summed E-state index contributed by atoms with van der Waals surface area (Å²) in [5.41, 5.74) is 6.31. The standard InChI is InChI=1S/C15H16ClNO3S/c1-20-13-6-8-14(9-7-13)21(18,19)15(10-17)11-2-4-12(16)5-3-11/h2-9,15H,10,17H2,1H3/t15-/m0/s1. The number of hydrogen-bond acceptors (Lipinski definition) is 4. The second kappa shape index (κ2) is 6.47. The highest BCUT2D eigenvalue weighted by atomic mass is 35.5. The number of methoxy groups -OCH3 is 1. The van der Waals surface area contributed by atoms with E-state index in [4.69, 9.17) is 22.1 Å². The van der Waals surface area contributed by atoms with Gasteiger partial charge in [0.1, 0.15) is 11.0 Å². The minimum Gasteiger partial charge on any atom is -0.497 e. The van der Waals surface area contributed by atoms with Crippen molar-refractivity contribution in [2.24, 2.45) is 5.73 Å². The normalized spacial score (nSPS) is 12.9. The van der Waals surface area contributed by atoms with Crippen LogP contribution in [-0.2, 0) is 9.84 Å². The second-order valence-corrected chi connectivity index (χ2v) is 7.06. The molecule has 4 nitrogen and oxygen atoms in total. The van der Waals surface area contributed by atoms with Crippen LogP contribution >= 0.6 is 11.6 Å². The zero-order valence-electron chi connectivity index (χ0n) is 11.5. The van der Waals surface area contributed by atoms with Crippen LogP contribution in [0.4, 0.5) is 0 Å². The Balaban J connectivity index is 2.41. The van der Waals surface area contributed by atoms with Crippen LogP contribution in [0, 0.1) is 0 Å². The van der Waals surface area contributed by atoms with E-state index < -0.39 is 15.1 Å². The third kappa shape index (κ3) is 3.37. The van der Waals surface area contributed by atoms with Crippen molar-refractivity contribution in [3.8, 4) is 5.75 Å². The lowest BCUT2D eigenvalue weighted by Gasteiger charge is -2.16. The van der Waals surface area contributed by atoms with Crippen molar-refractivity contribution in [1.82, 2.24) is 0 Å². The number of benzene rings is 2. The van der Waals surface area contributed by atoms with Crippen LogP contribution in [-0.4, -0.2) is 22.1 Å². The number of sulfone groups is 1. The number of ether oxygens (including phenoxy) is 1. The predicted molar refractivity (Wildman–Crippen MR) is 83.4 cm³/mol. The second-order valence-electron chi connectivity index (χ2n) is 4.50. The Labute approximate surface area is 129 Å². The Hall–Kier alpha value is -1.56. The fourth-order valence-electron chi connectivity index (χ4n) is 2.05. The van der Waals surface area contributed by atoms with Gasteiger partial charge in [0.2, 0.25) is 0 Å². The van der Waals surface area contributed by atoms with Crippen molar-refractivity contribution < 1.29 is 13.2 Å². The Kier molecular flexibility index (Phi) is 4.88. The molecule has 0 amide bonds. The van der Waals surface area contributed by atoms with Crippen LogP contribution in [0.5, 0.6) is 5.75 Å². The van der Waals surface area contributed by atoms with Gasteiger partial charge < -0.3 is 10.5 Å². The zero-order chi connectivity index (χ0) is 15.5. The molecule has 6 heteroatoms. The van der Waals surface area contributed by atoms with Crippen LogP contribution in [0.25, 0.3) is 0 Å². The van der Waals surface area contributed by atoms with Crippen molar-refractivity contribution in [2.75, 3.05) is 13.7 Å². The van der Waals surface area contributed by atoms with Gasteiger partial charge in [-0.25, -0.2) is 8.42 Å². The summed E-state index contributed by atoms with van der Waals surface area (Å²) in [5, 5.41) is -0.250. The van der Waals surface area contributed by atoms with Gasteiger partial charge in [-0.15, -0.1) is 0 Å². The molecule has 112 valence electrons. The van der Waals surface area contributed by atoms with Crippen LogP contribution in [0.3, 0.4) is 0 Å².